The van der Waals surface area contributed by atoms with Crippen LogP contribution in [0.3, 0.4) is 0 Å². The van der Waals surface area contributed by atoms with Crippen LogP contribution in [0.4, 0.5) is 4.39 Å². The highest BCUT2D eigenvalue weighted by Gasteiger charge is 2.24. The highest BCUT2D eigenvalue weighted by Crippen LogP contribution is 2.14. The van der Waals surface area contributed by atoms with E-state index in [4.69, 9.17) is 4.42 Å². The van der Waals surface area contributed by atoms with E-state index < -0.39 is 5.82 Å². The SMILES string of the molecule is CC(C)CN(CC(=O)N(Cc1ccccc1)Cc1ccco1)C(=O)c1cccc(F)c1. The van der Waals surface area contributed by atoms with Gasteiger partial charge in [0, 0.05) is 18.7 Å². The van der Waals surface area contributed by atoms with Crippen LogP contribution in [0.15, 0.2) is 77.4 Å². The number of hydrogen-bond donors (Lipinski definition) is 0. The molecule has 0 unspecified atom stereocenters. The Labute approximate surface area is 182 Å². The van der Waals surface area contributed by atoms with Gasteiger partial charge in [-0.2, -0.15) is 0 Å². The molecule has 2 aromatic carbocycles. The van der Waals surface area contributed by atoms with E-state index >= 15 is 0 Å². The maximum atomic E-state index is 13.6. The van der Waals surface area contributed by atoms with Crippen LogP contribution in [0.25, 0.3) is 0 Å². The van der Waals surface area contributed by atoms with Crippen molar-refractivity contribution in [2.45, 2.75) is 26.9 Å². The smallest absolute Gasteiger partial charge is 0.254 e. The first kappa shape index (κ1) is 22.3. The third-order valence-electron chi connectivity index (χ3n) is 4.77. The van der Waals surface area contributed by atoms with E-state index in [9.17, 15) is 14.0 Å². The lowest BCUT2D eigenvalue weighted by Gasteiger charge is -2.28. The van der Waals surface area contributed by atoms with Gasteiger partial charge in [0.15, 0.2) is 0 Å². The van der Waals surface area contributed by atoms with Crippen molar-refractivity contribution in [3.8, 4) is 0 Å². The molecule has 0 aliphatic heterocycles. The van der Waals surface area contributed by atoms with Crippen LogP contribution in [-0.2, 0) is 17.9 Å². The van der Waals surface area contributed by atoms with Crippen molar-refractivity contribution in [1.29, 1.82) is 0 Å². The van der Waals surface area contributed by atoms with Gasteiger partial charge >= 0.3 is 0 Å². The largest absolute Gasteiger partial charge is 0.467 e. The molecule has 3 rings (SSSR count). The normalized spacial score (nSPS) is 10.8. The van der Waals surface area contributed by atoms with Crippen molar-refractivity contribution in [2.24, 2.45) is 5.92 Å². The molecule has 0 spiro atoms. The Kier molecular flexibility index (Phi) is 7.60. The van der Waals surface area contributed by atoms with E-state index in [0.29, 0.717) is 25.4 Å². The molecule has 5 nitrogen and oxygen atoms in total. The van der Waals surface area contributed by atoms with Crippen molar-refractivity contribution in [2.75, 3.05) is 13.1 Å². The van der Waals surface area contributed by atoms with Gasteiger partial charge in [-0.1, -0.05) is 50.2 Å². The van der Waals surface area contributed by atoms with Gasteiger partial charge in [-0.3, -0.25) is 9.59 Å². The highest BCUT2D eigenvalue weighted by atomic mass is 19.1. The van der Waals surface area contributed by atoms with Crippen molar-refractivity contribution in [1.82, 2.24) is 9.80 Å². The van der Waals surface area contributed by atoms with Gasteiger partial charge in [0.05, 0.1) is 12.8 Å². The minimum atomic E-state index is -0.481. The molecule has 0 atom stereocenters. The maximum absolute atomic E-state index is 13.6. The van der Waals surface area contributed by atoms with Crippen LogP contribution in [0.1, 0.15) is 35.5 Å². The Morgan fingerprint density at radius 2 is 1.71 bits per heavy atom. The Balaban J connectivity index is 1.80. The third-order valence-corrected chi connectivity index (χ3v) is 4.77. The fraction of sp³-hybridized carbons (Fsp3) is 0.280. The predicted molar refractivity (Wildman–Crippen MR) is 117 cm³/mol. The summed E-state index contributed by atoms with van der Waals surface area (Å²) in [4.78, 5) is 29.5. The van der Waals surface area contributed by atoms with E-state index in [2.05, 4.69) is 0 Å². The lowest BCUT2D eigenvalue weighted by molar-refractivity contribution is -0.133. The molecule has 0 saturated carbocycles. The first-order chi connectivity index (χ1) is 14.9. The summed E-state index contributed by atoms with van der Waals surface area (Å²) in [5.74, 6) is -0.232. The zero-order valence-corrected chi connectivity index (χ0v) is 17.8. The monoisotopic (exact) mass is 422 g/mol. The fourth-order valence-electron chi connectivity index (χ4n) is 3.35. The number of rotatable bonds is 9. The number of halogens is 1. The van der Waals surface area contributed by atoms with E-state index in [1.165, 1.54) is 23.1 Å². The summed E-state index contributed by atoms with van der Waals surface area (Å²) in [5.41, 5.74) is 1.21. The van der Waals surface area contributed by atoms with Crippen molar-refractivity contribution in [3.63, 3.8) is 0 Å². The minimum Gasteiger partial charge on any atom is -0.467 e. The van der Waals surface area contributed by atoms with Gasteiger partial charge in [-0.25, -0.2) is 4.39 Å². The van der Waals surface area contributed by atoms with Crippen LogP contribution in [-0.4, -0.2) is 34.7 Å². The first-order valence-electron chi connectivity index (χ1n) is 10.3. The molecular weight excluding hydrogens is 395 g/mol. The van der Waals surface area contributed by atoms with Gasteiger partial charge in [-0.15, -0.1) is 0 Å². The topological polar surface area (TPSA) is 53.8 Å². The molecule has 0 N–H and O–H groups in total. The predicted octanol–water partition coefficient (Wildman–Crippen LogP) is 4.75. The van der Waals surface area contributed by atoms with Gasteiger partial charge < -0.3 is 14.2 Å². The summed E-state index contributed by atoms with van der Waals surface area (Å²) >= 11 is 0. The molecule has 0 saturated heterocycles. The average Bonchev–Trinajstić information content (AvgIpc) is 3.26. The molecule has 0 aliphatic rings. The summed E-state index contributed by atoms with van der Waals surface area (Å²) in [6, 6.07) is 18.8. The number of amides is 2. The van der Waals surface area contributed by atoms with Crippen molar-refractivity contribution in [3.05, 3.63) is 95.7 Å². The molecule has 1 aromatic heterocycles. The molecular formula is C25H27FN2O3. The molecule has 3 aromatic rings. The summed E-state index contributed by atoms with van der Waals surface area (Å²) in [6.07, 6.45) is 1.57. The summed E-state index contributed by atoms with van der Waals surface area (Å²) < 4.78 is 19.1. The van der Waals surface area contributed by atoms with Gasteiger partial charge in [0.25, 0.3) is 5.91 Å². The minimum absolute atomic E-state index is 0.0962. The summed E-state index contributed by atoms with van der Waals surface area (Å²) in [6.45, 7) is 4.93. The van der Waals surface area contributed by atoms with E-state index in [1.54, 1.807) is 23.3 Å². The number of carbonyl (C=O) groups excluding carboxylic acids is 2. The van der Waals surface area contributed by atoms with Crippen LogP contribution in [0.5, 0.6) is 0 Å². The van der Waals surface area contributed by atoms with Crippen LogP contribution in [0, 0.1) is 11.7 Å². The molecule has 6 heteroatoms. The molecule has 1 heterocycles. The lowest BCUT2D eigenvalue weighted by Crippen LogP contribution is -2.43. The molecule has 0 aliphatic carbocycles. The molecule has 162 valence electrons. The molecule has 31 heavy (non-hydrogen) atoms. The van der Waals surface area contributed by atoms with Crippen molar-refractivity contribution < 1.29 is 18.4 Å². The first-order valence-corrected chi connectivity index (χ1v) is 10.3. The average molecular weight is 423 g/mol. The van der Waals surface area contributed by atoms with Gasteiger partial charge in [-0.05, 0) is 41.8 Å². The third kappa shape index (κ3) is 6.54. The highest BCUT2D eigenvalue weighted by molar-refractivity contribution is 5.96. The Bertz CT molecular complexity index is 987. The van der Waals surface area contributed by atoms with E-state index in [0.717, 1.165) is 5.56 Å². The Morgan fingerprint density at radius 3 is 2.35 bits per heavy atom. The number of nitrogens with zero attached hydrogens (tertiary/aromatic N) is 2. The number of hydrogen-bond acceptors (Lipinski definition) is 3. The maximum Gasteiger partial charge on any atom is 0.254 e. The molecule has 0 fully saturated rings. The lowest BCUT2D eigenvalue weighted by atomic mass is 10.1. The second kappa shape index (κ2) is 10.6. The summed E-state index contributed by atoms with van der Waals surface area (Å²) in [7, 11) is 0. The van der Waals surface area contributed by atoms with Crippen LogP contribution in [0.2, 0.25) is 0 Å². The Hall–Kier alpha value is -3.41. The zero-order valence-electron chi connectivity index (χ0n) is 17.8. The standard InChI is InChI=1S/C25H27FN2O3/c1-19(2)15-28(25(30)21-10-6-11-22(26)14-21)18-24(29)27(17-23-12-7-13-31-23)16-20-8-4-3-5-9-20/h3-14,19H,15-18H2,1-2H3. The van der Waals surface area contributed by atoms with Crippen molar-refractivity contribution >= 4 is 11.8 Å². The quantitative estimate of drug-likeness (QED) is 0.500. The zero-order chi connectivity index (χ0) is 22.2. The molecule has 0 bridgehead atoms. The number of furan rings is 1. The van der Waals surface area contributed by atoms with Crippen LogP contribution >= 0.6 is 0 Å². The van der Waals surface area contributed by atoms with Gasteiger partial charge in [0.2, 0.25) is 5.91 Å². The second-order valence-corrected chi connectivity index (χ2v) is 7.90. The summed E-state index contributed by atoms with van der Waals surface area (Å²) in [5, 5.41) is 0. The van der Waals surface area contributed by atoms with E-state index in [-0.39, 0.29) is 29.8 Å². The number of carbonyl (C=O) groups is 2. The Morgan fingerprint density at radius 1 is 0.935 bits per heavy atom. The molecule has 2 amide bonds. The second-order valence-electron chi connectivity index (χ2n) is 7.90. The van der Waals surface area contributed by atoms with E-state index in [1.807, 2.05) is 50.2 Å². The van der Waals surface area contributed by atoms with Gasteiger partial charge in [0.1, 0.15) is 18.1 Å². The fourth-order valence-corrected chi connectivity index (χ4v) is 3.35. The van der Waals surface area contributed by atoms with Crippen LogP contribution < -0.4 is 0 Å². The molecule has 0 radical (unpaired) electrons. The number of benzene rings is 2.